The van der Waals surface area contributed by atoms with E-state index in [9.17, 15) is 4.79 Å². The monoisotopic (exact) mass is 396 g/mol. The zero-order valence-corrected chi connectivity index (χ0v) is 17.4. The normalized spacial score (nSPS) is 12.2. The molecule has 0 saturated heterocycles. The van der Waals surface area contributed by atoms with Crippen LogP contribution in [0.25, 0.3) is 34.0 Å². The molecule has 30 heavy (non-hydrogen) atoms. The molecule has 0 bridgehead atoms. The fourth-order valence-electron chi connectivity index (χ4n) is 3.73. The van der Waals surface area contributed by atoms with Crippen LogP contribution in [0.15, 0.2) is 71.9 Å². The summed E-state index contributed by atoms with van der Waals surface area (Å²) in [5.41, 5.74) is 6.32. The molecule has 0 spiro atoms. The predicted octanol–water partition coefficient (Wildman–Crippen LogP) is 6.27. The van der Waals surface area contributed by atoms with E-state index < -0.39 is 5.97 Å². The largest absolute Gasteiger partial charge is 0.341 e. The molecule has 0 saturated carbocycles. The van der Waals surface area contributed by atoms with Crippen molar-refractivity contribution in [2.75, 3.05) is 0 Å². The van der Waals surface area contributed by atoms with Crippen molar-refractivity contribution in [1.82, 2.24) is 4.57 Å². The second-order valence-electron chi connectivity index (χ2n) is 7.26. The van der Waals surface area contributed by atoms with E-state index in [-0.39, 0.29) is 0 Å². The predicted molar refractivity (Wildman–Crippen MR) is 124 cm³/mol. The van der Waals surface area contributed by atoms with Crippen LogP contribution < -0.4 is 0 Å². The van der Waals surface area contributed by atoms with Crippen LogP contribution in [0.5, 0.6) is 0 Å². The maximum atomic E-state index is 11.1. The van der Waals surface area contributed by atoms with Gasteiger partial charge in [-0.25, -0.2) is 4.79 Å². The number of carbonyl (C=O) groups is 1. The third kappa shape index (κ3) is 3.90. The molecule has 0 radical (unpaired) electrons. The van der Waals surface area contributed by atoms with Gasteiger partial charge in [0.05, 0.1) is 5.71 Å². The SMILES string of the molecule is CCn1c2ccc(C=Cc3ccccc3)cc2c2cc(C(C)=NOC(C)=O)ccc21. The zero-order chi connectivity index (χ0) is 21.1. The van der Waals surface area contributed by atoms with Crippen LogP contribution in [0.3, 0.4) is 0 Å². The minimum absolute atomic E-state index is 0.423. The molecule has 0 aliphatic heterocycles. The van der Waals surface area contributed by atoms with Crippen molar-refractivity contribution in [3.8, 4) is 0 Å². The standard InChI is InChI=1S/C26H24N2O2/c1-4-28-25-14-12-21(11-10-20-8-6-5-7-9-20)16-23(25)24-17-22(13-15-26(24)28)18(2)27-30-19(3)29/h5-17H,4H2,1-3H3. The van der Waals surface area contributed by atoms with Gasteiger partial charge in [-0.05, 0) is 54.8 Å². The van der Waals surface area contributed by atoms with E-state index in [0.717, 1.165) is 23.1 Å². The molecule has 4 heteroatoms. The Balaban J connectivity index is 1.81. The average Bonchev–Trinajstić information content (AvgIpc) is 3.09. The maximum Gasteiger partial charge on any atom is 0.331 e. The van der Waals surface area contributed by atoms with Gasteiger partial charge in [0, 0.05) is 35.3 Å². The highest BCUT2D eigenvalue weighted by Crippen LogP contribution is 2.31. The number of hydrogen-bond acceptors (Lipinski definition) is 3. The summed E-state index contributed by atoms with van der Waals surface area (Å²) in [5.74, 6) is -0.423. The molecule has 4 rings (SSSR count). The van der Waals surface area contributed by atoms with Gasteiger partial charge in [-0.15, -0.1) is 0 Å². The Morgan fingerprint density at radius 2 is 1.57 bits per heavy atom. The highest BCUT2D eigenvalue weighted by atomic mass is 16.7. The van der Waals surface area contributed by atoms with Gasteiger partial charge in [-0.2, -0.15) is 0 Å². The molecule has 0 unspecified atom stereocenters. The molecule has 0 atom stereocenters. The van der Waals surface area contributed by atoms with Crippen molar-refractivity contribution in [3.05, 3.63) is 83.4 Å². The number of hydrogen-bond donors (Lipinski definition) is 0. The Morgan fingerprint density at radius 1 is 0.900 bits per heavy atom. The van der Waals surface area contributed by atoms with Crippen LogP contribution in [0, 0.1) is 0 Å². The van der Waals surface area contributed by atoms with Crippen LogP contribution >= 0.6 is 0 Å². The average molecular weight is 396 g/mol. The van der Waals surface area contributed by atoms with E-state index in [0.29, 0.717) is 5.71 Å². The summed E-state index contributed by atoms with van der Waals surface area (Å²) < 4.78 is 2.32. The molecule has 150 valence electrons. The first-order valence-electron chi connectivity index (χ1n) is 10.1. The van der Waals surface area contributed by atoms with Crippen molar-refractivity contribution in [2.45, 2.75) is 27.3 Å². The summed E-state index contributed by atoms with van der Waals surface area (Å²) >= 11 is 0. The first kappa shape index (κ1) is 19.6. The number of rotatable bonds is 5. The molecule has 0 aliphatic carbocycles. The molecule has 1 aromatic heterocycles. The first-order valence-corrected chi connectivity index (χ1v) is 10.1. The smallest absolute Gasteiger partial charge is 0.331 e. The second kappa shape index (κ2) is 8.37. The second-order valence-corrected chi connectivity index (χ2v) is 7.26. The molecular formula is C26H24N2O2. The summed E-state index contributed by atoms with van der Waals surface area (Å²) in [6, 6.07) is 23.1. The number of aryl methyl sites for hydroxylation is 1. The summed E-state index contributed by atoms with van der Waals surface area (Å²) in [7, 11) is 0. The molecule has 0 N–H and O–H groups in total. The lowest BCUT2D eigenvalue weighted by Gasteiger charge is -2.04. The van der Waals surface area contributed by atoms with Gasteiger partial charge in [0.2, 0.25) is 0 Å². The minimum Gasteiger partial charge on any atom is -0.341 e. The summed E-state index contributed by atoms with van der Waals surface area (Å²) in [6.45, 7) is 6.24. The van der Waals surface area contributed by atoms with Gasteiger partial charge in [0.25, 0.3) is 0 Å². The van der Waals surface area contributed by atoms with Crippen LogP contribution in [-0.4, -0.2) is 16.2 Å². The molecule has 1 heterocycles. The molecule has 0 amide bonds. The first-order chi connectivity index (χ1) is 14.6. The number of benzene rings is 3. The molecule has 4 aromatic rings. The van der Waals surface area contributed by atoms with Crippen molar-refractivity contribution < 1.29 is 9.63 Å². The van der Waals surface area contributed by atoms with Crippen LogP contribution in [-0.2, 0) is 16.2 Å². The van der Waals surface area contributed by atoms with E-state index in [1.54, 1.807) is 0 Å². The third-order valence-corrected chi connectivity index (χ3v) is 5.20. The Hall–Kier alpha value is -3.66. The zero-order valence-electron chi connectivity index (χ0n) is 17.4. The van der Waals surface area contributed by atoms with Gasteiger partial charge >= 0.3 is 5.97 Å². The lowest BCUT2D eigenvalue weighted by atomic mass is 10.0. The molecular weight excluding hydrogens is 372 g/mol. The highest BCUT2D eigenvalue weighted by molar-refractivity contribution is 6.12. The van der Waals surface area contributed by atoms with Gasteiger partial charge in [-0.1, -0.05) is 59.8 Å². The van der Waals surface area contributed by atoms with Crippen LogP contribution in [0.1, 0.15) is 37.5 Å². The van der Waals surface area contributed by atoms with E-state index in [2.05, 4.69) is 71.3 Å². The molecule has 0 fully saturated rings. The number of aromatic nitrogens is 1. The number of carbonyl (C=O) groups excluding carboxylic acids is 1. The fraction of sp³-hybridized carbons (Fsp3) is 0.154. The van der Waals surface area contributed by atoms with Gasteiger partial charge in [0.15, 0.2) is 0 Å². The van der Waals surface area contributed by atoms with Crippen molar-refractivity contribution in [1.29, 1.82) is 0 Å². The van der Waals surface area contributed by atoms with Crippen molar-refractivity contribution in [3.63, 3.8) is 0 Å². The van der Waals surface area contributed by atoms with Crippen molar-refractivity contribution in [2.24, 2.45) is 5.16 Å². The number of nitrogens with zero attached hydrogens (tertiary/aromatic N) is 2. The minimum atomic E-state index is -0.423. The summed E-state index contributed by atoms with van der Waals surface area (Å²) in [6.07, 6.45) is 4.27. The van der Waals surface area contributed by atoms with E-state index >= 15 is 0 Å². The maximum absolute atomic E-state index is 11.1. The van der Waals surface area contributed by atoms with Crippen molar-refractivity contribution >= 4 is 45.6 Å². The Bertz CT molecular complexity index is 1280. The summed E-state index contributed by atoms with van der Waals surface area (Å²) in [5, 5.41) is 6.30. The topological polar surface area (TPSA) is 43.6 Å². The van der Waals surface area contributed by atoms with Crippen LogP contribution in [0.2, 0.25) is 0 Å². The third-order valence-electron chi connectivity index (χ3n) is 5.20. The van der Waals surface area contributed by atoms with E-state index in [4.69, 9.17) is 4.84 Å². The van der Waals surface area contributed by atoms with E-state index in [1.165, 1.54) is 28.9 Å². The molecule has 0 aliphatic rings. The van der Waals surface area contributed by atoms with E-state index in [1.807, 2.05) is 31.2 Å². The Kier molecular flexibility index (Phi) is 5.48. The fourth-order valence-corrected chi connectivity index (χ4v) is 3.73. The quantitative estimate of drug-likeness (QED) is 0.173. The van der Waals surface area contributed by atoms with Gasteiger partial charge in [-0.3, -0.25) is 0 Å². The highest BCUT2D eigenvalue weighted by Gasteiger charge is 2.12. The molecule has 3 aromatic carbocycles. The number of oxime groups is 1. The lowest BCUT2D eigenvalue weighted by molar-refractivity contribution is -0.140. The number of fused-ring (bicyclic) bond motifs is 3. The molecule has 4 nitrogen and oxygen atoms in total. The van der Waals surface area contributed by atoms with Gasteiger partial charge in [0.1, 0.15) is 0 Å². The Morgan fingerprint density at radius 3 is 2.27 bits per heavy atom. The van der Waals surface area contributed by atoms with Gasteiger partial charge < -0.3 is 9.40 Å². The Labute approximate surface area is 176 Å². The lowest BCUT2D eigenvalue weighted by Crippen LogP contribution is -1.99. The van der Waals surface area contributed by atoms with Crippen LogP contribution in [0.4, 0.5) is 0 Å². The summed E-state index contributed by atoms with van der Waals surface area (Å²) in [4.78, 5) is 15.9.